The first-order valence-electron chi connectivity index (χ1n) is 8.87. The molecule has 0 bridgehead atoms. The van der Waals surface area contributed by atoms with Crippen LogP contribution >= 0.6 is 0 Å². The van der Waals surface area contributed by atoms with Crippen LogP contribution in [0.3, 0.4) is 0 Å². The van der Waals surface area contributed by atoms with E-state index in [0.29, 0.717) is 29.3 Å². The maximum Gasteiger partial charge on any atom is 0.253 e. The first-order valence-corrected chi connectivity index (χ1v) is 8.87. The van der Waals surface area contributed by atoms with Gasteiger partial charge >= 0.3 is 0 Å². The number of carbonyl (C=O) groups is 1. The van der Waals surface area contributed by atoms with Gasteiger partial charge in [0.25, 0.3) is 5.91 Å². The quantitative estimate of drug-likeness (QED) is 0.649. The Hall–Kier alpha value is -3.54. The Morgan fingerprint density at radius 3 is 2.50 bits per heavy atom. The number of ether oxygens (including phenoxy) is 2. The summed E-state index contributed by atoms with van der Waals surface area (Å²) >= 11 is 0. The van der Waals surface area contributed by atoms with Crippen molar-refractivity contribution in [3.63, 3.8) is 0 Å². The van der Waals surface area contributed by atoms with Crippen molar-refractivity contribution >= 4 is 17.3 Å². The maximum atomic E-state index is 12.5. The first kappa shape index (κ1) is 19.2. The maximum absolute atomic E-state index is 12.5. The molecule has 0 aliphatic carbocycles. The van der Waals surface area contributed by atoms with Crippen LogP contribution in [0.4, 0.5) is 11.4 Å². The molecule has 1 amide bonds. The number of hydrogen-bond acceptors (Lipinski definition) is 5. The highest BCUT2D eigenvalue weighted by atomic mass is 16.5. The van der Waals surface area contributed by atoms with Gasteiger partial charge in [-0.2, -0.15) is 0 Å². The van der Waals surface area contributed by atoms with E-state index < -0.39 is 0 Å². The number of carbonyl (C=O) groups excluding carboxylic acids is 1. The van der Waals surface area contributed by atoms with E-state index in [-0.39, 0.29) is 5.91 Å². The number of nitrogens with one attached hydrogen (secondary N) is 2. The number of aromatic nitrogens is 1. The summed E-state index contributed by atoms with van der Waals surface area (Å²) in [6.07, 6.45) is 3.20. The van der Waals surface area contributed by atoms with E-state index in [1.165, 1.54) is 5.56 Å². The molecule has 0 spiro atoms. The van der Waals surface area contributed by atoms with Crippen LogP contribution in [0.1, 0.15) is 21.5 Å². The SMILES string of the molecule is COc1ccc(Nc2cncc(C(=O)NCc3ccc(C)cc3)c2)c(OC)c1. The minimum absolute atomic E-state index is 0.182. The lowest BCUT2D eigenvalue weighted by molar-refractivity contribution is 0.0950. The van der Waals surface area contributed by atoms with Crippen LogP contribution in [-0.4, -0.2) is 25.1 Å². The molecule has 0 atom stereocenters. The molecular weight excluding hydrogens is 354 g/mol. The lowest BCUT2D eigenvalue weighted by atomic mass is 10.1. The number of amides is 1. The first-order chi connectivity index (χ1) is 13.6. The van der Waals surface area contributed by atoms with Gasteiger partial charge in [-0.1, -0.05) is 29.8 Å². The molecule has 0 unspecified atom stereocenters. The Bertz CT molecular complexity index is 955. The van der Waals surface area contributed by atoms with Crippen LogP contribution in [0, 0.1) is 6.92 Å². The number of nitrogens with zero attached hydrogens (tertiary/aromatic N) is 1. The van der Waals surface area contributed by atoms with Crippen LogP contribution in [-0.2, 0) is 6.54 Å². The number of aryl methyl sites for hydroxylation is 1. The highest BCUT2D eigenvalue weighted by molar-refractivity contribution is 5.94. The van der Waals surface area contributed by atoms with Gasteiger partial charge in [0.2, 0.25) is 0 Å². The van der Waals surface area contributed by atoms with Gasteiger partial charge in [-0.25, -0.2) is 0 Å². The molecule has 0 aliphatic rings. The molecular formula is C22H23N3O3. The van der Waals surface area contributed by atoms with Crippen molar-refractivity contribution in [2.45, 2.75) is 13.5 Å². The largest absolute Gasteiger partial charge is 0.497 e. The summed E-state index contributed by atoms with van der Waals surface area (Å²) in [4.78, 5) is 16.6. The smallest absolute Gasteiger partial charge is 0.253 e. The zero-order valence-electron chi connectivity index (χ0n) is 16.2. The van der Waals surface area contributed by atoms with E-state index in [9.17, 15) is 4.79 Å². The second-order valence-electron chi connectivity index (χ2n) is 6.32. The zero-order valence-corrected chi connectivity index (χ0v) is 16.2. The summed E-state index contributed by atoms with van der Waals surface area (Å²) in [5.74, 6) is 1.15. The molecule has 0 saturated heterocycles. The summed E-state index contributed by atoms with van der Waals surface area (Å²) < 4.78 is 10.6. The van der Waals surface area contributed by atoms with E-state index >= 15 is 0 Å². The monoisotopic (exact) mass is 377 g/mol. The molecule has 2 N–H and O–H groups in total. The second kappa shape index (κ2) is 8.90. The summed E-state index contributed by atoms with van der Waals surface area (Å²) in [7, 11) is 3.19. The number of anilines is 2. The molecule has 6 nitrogen and oxygen atoms in total. The fraction of sp³-hybridized carbons (Fsp3) is 0.182. The van der Waals surface area contributed by atoms with E-state index in [1.54, 1.807) is 38.7 Å². The van der Waals surface area contributed by atoms with Crippen LogP contribution in [0.25, 0.3) is 0 Å². The lowest BCUT2D eigenvalue weighted by Crippen LogP contribution is -2.23. The standard InChI is InChI=1S/C22H23N3O3/c1-15-4-6-16(7-5-15)12-24-22(26)17-10-18(14-23-13-17)25-20-9-8-19(27-2)11-21(20)28-3/h4-11,13-14,25H,12H2,1-3H3,(H,24,26). The molecule has 0 saturated carbocycles. The fourth-order valence-electron chi connectivity index (χ4n) is 2.68. The summed E-state index contributed by atoms with van der Waals surface area (Å²) in [6, 6.07) is 15.3. The molecule has 3 rings (SSSR count). The van der Waals surface area contributed by atoms with Crippen molar-refractivity contribution in [3.8, 4) is 11.5 Å². The normalized spacial score (nSPS) is 10.2. The third-order valence-electron chi connectivity index (χ3n) is 4.26. The Kier molecular flexibility index (Phi) is 6.11. The zero-order chi connectivity index (χ0) is 19.9. The van der Waals surface area contributed by atoms with Crippen molar-refractivity contribution in [2.75, 3.05) is 19.5 Å². The van der Waals surface area contributed by atoms with Gasteiger partial charge in [0, 0.05) is 18.8 Å². The minimum Gasteiger partial charge on any atom is -0.497 e. The number of hydrogen-bond donors (Lipinski definition) is 2. The molecule has 28 heavy (non-hydrogen) atoms. The van der Waals surface area contributed by atoms with Gasteiger partial charge in [-0.3, -0.25) is 9.78 Å². The topological polar surface area (TPSA) is 72.5 Å². The fourth-order valence-corrected chi connectivity index (χ4v) is 2.68. The van der Waals surface area contributed by atoms with E-state index in [1.807, 2.05) is 43.3 Å². The van der Waals surface area contributed by atoms with Crippen molar-refractivity contribution in [1.29, 1.82) is 0 Å². The lowest BCUT2D eigenvalue weighted by Gasteiger charge is -2.13. The second-order valence-corrected chi connectivity index (χ2v) is 6.32. The molecule has 0 fully saturated rings. The predicted molar refractivity (Wildman–Crippen MR) is 109 cm³/mol. The summed E-state index contributed by atoms with van der Waals surface area (Å²) in [6.45, 7) is 2.49. The van der Waals surface area contributed by atoms with Gasteiger partial charge in [0.05, 0.1) is 37.4 Å². The third-order valence-corrected chi connectivity index (χ3v) is 4.26. The van der Waals surface area contributed by atoms with Crippen LogP contribution in [0.5, 0.6) is 11.5 Å². The van der Waals surface area contributed by atoms with Gasteiger partial charge in [0.15, 0.2) is 0 Å². The third kappa shape index (κ3) is 4.79. The molecule has 0 aliphatic heterocycles. The van der Waals surface area contributed by atoms with Gasteiger partial charge in [0.1, 0.15) is 11.5 Å². The van der Waals surface area contributed by atoms with Gasteiger partial charge in [-0.05, 0) is 30.7 Å². The predicted octanol–water partition coefficient (Wildman–Crippen LogP) is 4.08. The number of methoxy groups -OCH3 is 2. The molecule has 3 aromatic rings. The van der Waals surface area contributed by atoms with Crippen molar-refractivity contribution < 1.29 is 14.3 Å². The van der Waals surface area contributed by atoms with E-state index in [4.69, 9.17) is 9.47 Å². The number of benzene rings is 2. The Labute approximate surface area is 164 Å². The Morgan fingerprint density at radius 2 is 1.79 bits per heavy atom. The average Bonchev–Trinajstić information content (AvgIpc) is 2.73. The Morgan fingerprint density at radius 1 is 1.00 bits per heavy atom. The van der Waals surface area contributed by atoms with Crippen LogP contribution in [0.15, 0.2) is 60.9 Å². The van der Waals surface area contributed by atoms with Crippen LogP contribution in [0.2, 0.25) is 0 Å². The molecule has 1 heterocycles. The van der Waals surface area contributed by atoms with Crippen molar-refractivity contribution in [3.05, 3.63) is 77.6 Å². The van der Waals surface area contributed by atoms with Gasteiger partial charge in [-0.15, -0.1) is 0 Å². The summed E-state index contributed by atoms with van der Waals surface area (Å²) in [5, 5.41) is 6.14. The van der Waals surface area contributed by atoms with Crippen LogP contribution < -0.4 is 20.1 Å². The average molecular weight is 377 g/mol. The molecule has 1 aromatic heterocycles. The molecule has 144 valence electrons. The Balaban J connectivity index is 1.69. The van der Waals surface area contributed by atoms with E-state index in [2.05, 4.69) is 15.6 Å². The molecule has 6 heteroatoms. The highest BCUT2D eigenvalue weighted by Gasteiger charge is 2.09. The van der Waals surface area contributed by atoms with Gasteiger partial charge < -0.3 is 20.1 Å². The minimum atomic E-state index is -0.182. The number of rotatable bonds is 7. The highest BCUT2D eigenvalue weighted by Crippen LogP contribution is 2.31. The van der Waals surface area contributed by atoms with Crippen molar-refractivity contribution in [2.24, 2.45) is 0 Å². The summed E-state index contributed by atoms with van der Waals surface area (Å²) in [5.41, 5.74) is 4.15. The number of pyridine rings is 1. The van der Waals surface area contributed by atoms with Crippen molar-refractivity contribution in [1.82, 2.24) is 10.3 Å². The molecule has 2 aromatic carbocycles. The molecule has 0 radical (unpaired) electrons. The van der Waals surface area contributed by atoms with E-state index in [0.717, 1.165) is 11.3 Å².